The SMILES string of the molecule is Cc1ccc2[nH]c(=O)c(CN(C(=S)NC(C)c3ccccc3)C3CCCCC3)cc2c1. The normalized spacial score (nSPS) is 15.5. The standard InChI is InChI=1S/C26H31N3OS/c1-18-13-14-24-21(15-18)16-22(25(30)28-24)17-29(23-11-7-4-8-12-23)26(31)27-19(2)20-9-5-3-6-10-20/h3,5-6,9-10,13-16,19,23H,4,7-8,11-12,17H2,1-2H3,(H,27,31)(H,28,30). The molecule has 1 heterocycles. The number of rotatable bonds is 5. The van der Waals surface area contributed by atoms with Gasteiger partial charge < -0.3 is 15.2 Å². The number of H-pyrrole nitrogens is 1. The number of nitrogens with one attached hydrogen (secondary N) is 2. The highest BCUT2D eigenvalue weighted by Crippen LogP contribution is 2.25. The largest absolute Gasteiger partial charge is 0.356 e. The molecule has 0 aliphatic heterocycles. The molecular weight excluding hydrogens is 402 g/mol. The van der Waals surface area contributed by atoms with Gasteiger partial charge in [0.15, 0.2) is 5.11 Å². The third-order valence-electron chi connectivity index (χ3n) is 6.33. The first-order valence-corrected chi connectivity index (χ1v) is 11.7. The summed E-state index contributed by atoms with van der Waals surface area (Å²) in [5.74, 6) is 0. The number of aryl methyl sites for hydroxylation is 1. The highest BCUT2D eigenvalue weighted by atomic mass is 32.1. The van der Waals surface area contributed by atoms with Crippen molar-refractivity contribution in [2.24, 2.45) is 0 Å². The van der Waals surface area contributed by atoms with Crippen LogP contribution >= 0.6 is 12.2 Å². The van der Waals surface area contributed by atoms with Gasteiger partial charge in [-0.15, -0.1) is 0 Å². The van der Waals surface area contributed by atoms with Crippen LogP contribution in [-0.4, -0.2) is 21.0 Å². The van der Waals surface area contributed by atoms with Crippen LogP contribution < -0.4 is 10.9 Å². The molecule has 5 heteroatoms. The predicted octanol–water partition coefficient (Wildman–Crippen LogP) is 5.61. The summed E-state index contributed by atoms with van der Waals surface area (Å²) < 4.78 is 0. The van der Waals surface area contributed by atoms with Crippen molar-refractivity contribution in [3.63, 3.8) is 0 Å². The van der Waals surface area contributed by atoms with Crippen molar-refractivity contribution in [2.75, 3.05) is 0 Å². The van der Waals surface area contributed by atoms with E-state index < -0.39 is 0 Å². The van der Waals surface area contributed by atoms with Gasteiger partial charge in [-0.05, 0) is 68.1 Å². The minimum Gasteiger partial charge on any atom is -0.356 e. The van der Waals surface area contributed by atoms with E-state index in [0.717, 1.165) is 34.4 Å². The van der Waals surface area contributed by atoms with Crippen molar-refractivity contribution in [2.45, 2.75) is 64.6 Å². The smallest absolute Gasteiger partial charge is 0.253 e. The number of pyridine rings is 1. The molecule has 0 saturated heterocycles. The molecule has 1 unspecified atom stereocenters. The molecule has 0 amide bonds. The van der Waals surface area contributed by atoms with Crippen molar-refractivity contribution >= 4 is 28.2 Å². The molecular formula is C26H31N3OS. The predicted molar refractivity (Wildman–Crippen MR) is 132 cm³/mol. The van der Waals surface area contributed by atoms with Crippen molar-refractivity contribution < 1.29 is 0 Å². The summed E-state index contributed by atoms with van der Waals surface area (Å²) in [4.78, 5) is 18.2. The van der Waals surface area contributed by atoms with E-state index in [2.05, 4.69) is 47.2 Å². The molecule has 1 fully saturated rings. The molecule has 4 nitrogen and oxygen atoms in total. The van der Waals surface area contributed by atoms with E-state index >= 15 is 0 Å². The van der Waals surface area contributed by atoms with Gasteiger partial charge in [-0.1, -0.05) is 61.2 Å². The van der Waals surface area contributed by atoms with E-state index in [1.54, 1.807) is 0 Å². The Morgan fingerprint density at radius 3 is 2.61 bits per heavy atom. The van der Waals surface area contributed by atoms with E-state index in [9.17, 15) is 4.79 Å². The van der Waals surface area contributed by atoms with E-state index in [1.807, 2.05) is 36.4 Å². The topological polar surface area (TPSA) is 48.1 Å². The zero-order valence-electron chi connectivity index (χ0n) is 18.4. The van der Waals surface area contributed by atoms with Crippen LogP contribution in [0.4, 0.5) is 0 Å². The van der Waals surface area contributed by atoms with Gasteiger partial charge in [0.2, 0.25) is 0 Å². The van der Waals surface area contributed by atoms with Crippen LogP contribution in [0, 0.1) is 6.92 Å². The highest BCUT2D eigenvalue weighted by Gasteiger charge is 2.25. The monoisotopic (exact) mass is 433 g/mol. The number of fused-ring (bicyclic) bond motifs is 1. The molecule has 2 aromatic carbocycles. The second-order valence-electron chi connectivity index (χ2n) is 8.72. The summed E-state index contributed by atoms with van der Waals surface area (Å²) >= 11 is 5.89. The molecule has 3 aromatic rings. The van der Waals surface area contributed by atoms with Gasteiger partial charge in [-0.25, -0.2) is 0 Å². The Hall–Kier alpha value is -2.66. The molecule has 0 spiro atoms. The molecule has 1 atom stereocenters. The molecule has 0 bridgehead atoms. The van der Waals surface area contributed by atoms with E-state index in [1.165, 1.54) is 30.4 Å². The molecule has 4 rings (SSSR count). The minimum absolute atomic E-state index is 0.0314. The molecule has 1 saturated carbocycles. The molecule has 1 aliphatic rings. The number of hydrogen-bond donors (Lipinski definition) is 2. The van der Waals surface area contributed by atoms with E-state index in [4.69, 9.17) is 12.2 Å². The van der Waals surface area contributed by atoms with Crippen LogP contribution in [-0.2, 0) is 6.54 Å². The van der Waals surface area contributed by atoms with Gasteiger partial charge in [0.1, 0.15) is 0 Å². The summed E-state index contributed by atoms with van der Waals surface area (Å²) in [5, 5.41) is 5.32. The number of hydrogen-bond acceptors (Lipinski definition) is 2. The summed E-state index contributed by atoms with van der Waals surface area (Å²) in [6, 6.07) is 19.0. The zero-order chi connectivity index (χ0) is 21.8. The van der Waals surface area contributed by atoms with Crippen LogP contribution in [0.2, 0.25) is 0 Å². The Kier molecular flexibility index (Phi) is 6.71. The van der Waals surface area contributed by atoms with Crippen LogP contribution in [0.1, 0.15) is 61.8 Å². The van der Waals surface area contributed by atoms with Crippen molar-refractivity contribution in [1.29, 1.82) is 0 Å². The van der Waals surface area contributed by atoms with Crippen molar-refractivity contribution in [3.05, 3.63) is 81.6 Å². The van der Waals surface area contributed by atoms with Gasteiger partial charge in [-0.2, -0.15) is 0 Å². The van der Waals surface area contributed by atoms with Crippen LogP contribution in [0.15, 0.2) is 59.4 Å². The third-order valence-corrected chi connectivity index (χ3v) is 6.69. The Bertz CT molecular complexity index is 1100. The second-order valence-corrected chi connectivity index (χ2v) is 9.10. The first kappa shape index (κ1) is 21.6. The lowest BCUT2D eigenvalue weighted by Crippen LogP contribution is -2.47. The number of aromatic nitrogens is 1. The third kappa shape index (κ3) is 5.16. The lowest BCUT2D eigenvalue weighted by Gasteiger charge is -2.37. The van der Waals surface area contributed by atoms with Gasteiger partial charge in [0.05, 0.1) is 12.6 Å². The quantitative estimate of drug-likeness (QED) is 0.514. The number of benzene rings is 2. The Morgan fingerprint density at radius 1 is 1.13 bits per heavy atom. The lowest BCUT2D eigenvalue weighted by molar-refractivity contribution is 0.233. The minimum atomic E-state index is -0.0314. The maximum Gasteiger partial charge on any atom is 0.253 e. The highest BCUT2D eigenvalue weighted by molar-refractivity contribution is 7.80. The molecule has 1 aliphatic carbocycles. The molecule has 2 N–H and O–H groups in total. The molecule has 0 radical (unpaired) electrons. The zero-order valence-corrected chi connectivity index (χ0v) is 19.2. The first-order valence-electron chi connectivity index (χ1n) is 11.3. The van der Waals surface area contributed by atoms with Crippen molar-refractivity contribution in [3.8, 4) is 0 Å². The van der Waals surface area contributed by atoms with Crippen LogP contribution in [0.3, 0.4) is 0 Å². The van der Waals surface area contributed by atoms with Gasteiger partial charge in [0, 0.05) is 17.1 Å². The van der Waals surface area contributed by atoms with Gasteiger partial charge in [0.25, 0.3) is 5.56 Å². The Morgan fingerprint density at radius 2 is 1.87 bits per heavy atom. The summed E-state index contributed by atoms with van der Waals surface area (Å²) in [5.41, 5.74) is 3.99. The molecule has 31 heavy (non-hydrogen) atoms. The van der Waals surface area contributed by atoms with Crippen LogP contribution in [0.5, 0.6) is 0 Å². The Balaban J connectivity index is 1.60. The fourth-order valence-corrected chi connectivity index (χ4v) is 4.92. The number of nitrogens with zero attached hydrogens (tertiary/aromatic N) is 1. The van der Waals surface area contributed by atoms with E-state index in [-0.39, 0.29) is 11.6 Å². The summed E-state index contributed by atoms with van der Waals surface area (Å²) in [6.45, 7) is 4.73. The fourth-order valence-electron chi connectivity index (χ4n) is 4.52. The summed E-state index contributed by atoms with van der Waals surface area (Å²) in [7, 11) is 0. The average Bonchev–Trinajstić information content (AvgIpc) is 2.79. The fraction of sp³-hybridized carbons (Fsp3) is 0.385. The van der Waals surface area contributed by atoms with E-state index in [0.29, 0.717) is 12.6 Å². The van der Waals surface area contributed by atoms with Crippen molar-refractivity contribution in [1.82, 2.24) is 15.2 Å². The molecule has 162 valence electrons. The summed E-state index contributed by atoms with van der Waals surface area (Å²) in [6.07, 6.45) is 5.94. The second kappa shape index (κ2) is 9.65. The maximum atomic E-state index is 12.9. The maximum absolute atomic E-state index is 12.9. The number of thiocarbonyl (C=S) groups is 1. The van der Waals surface area contributed by atoms with Gasteiger partial charge in [-0.3, -0.25) is 4.79 Å². The molecule has 1 aromatic heterocycles. The van der Waals surface area contributed by atoms with Gasteiger partial charge >= 0.3 is 0 Å². The van der Waals surface area contributed by atoms with Crippen LogP contribution in [0.25, 0.3) is 10.9 Å². The Labute approximate surface area is 189 Å². The number of aromatic amines is 1. The average molecular weight is 434 g/mol. The first-order chi connectivity index (χ1) is 15.0. The lowest BCUT2D eigenvalue weighted by atomic mass is 9.94.